The highest BCUT2D eigenvalue weighted by atomic mass is 16.3. The van der Waals surface area contributed by atoms with Crippen LogP contribution in [-0.2, 0) is 4.79 Å². The predicted octanol–water partition coefficient (Wildman–Crippen LogP) is 0.488. The average Bonchev–Trinajstić information content (AvgIpc) is 2.46. The molecular weight excluding hydrogens is 180 g/mol. The summed E-state index contributed by atoms with van der Waals surface area (Å²) in [7, 11) is 0. The lowest BCUT2D eigenvalue weighted by atomic mass is 10.3. The summed E-state index contributed by atoms with van der Waals surface area (Å²) in [6, 6.07) is 3.64. The van der Waals surface area contributed by atoms with Crippen molar-refractivity contribution in [2.24, 2.45) is 0 Å². The van der Waals surface area contributed by atoms with Gasteiger partial charge in [-0.25, -0.2) is 0 Å². The molecule has 2 rings (SSSR count). The lowest BCUT2D eigenvalue weighted by Gasteiger charge is -2.17. The molecule has 0 saturated carbocycles. The molecule has 0 aromatic carbocycles. The number of amides is 1. The van der Waals surface area contributed by atoms with Crippen molar-refractivity contribution in [2.75, 3.05) is 11.4 Å². The molecule has 2 heterocycles. The van der Waals surface area contributed by atoms with Gasteiger partial charge in [0, 0.05) is 6.20 Å². The highest BCUT2D eigenvalue weighted by molar-refractivity contribution is 5.96. The van der Waals surface area contributed by atoms with Crippen molar-refractivity contribution in [1.29, 1.82) is 0 Å². The van der Waals surface area contributed by atoms with E-state index in [2.05, 4.69) is 4.98 Å². The molecule has 1 atom stereocenters. The van der Waals surface area contributed by atoms with Crippen LogP contribution in [0.15, 0.2) is 18.3 Å². The minimum Gasteiger partial charge on any atom is -0.391 e. The van der Waals surface area contributed by atoms with Crippen LogP contribution in [0.2, 0.25) is 0 Å². The number of aryl methyl sites for hydroxylation is 1. The molecule has 1 unspecified atom stereocenters. The Kier molecular flexibility index (Phi) is 2.21. The normalized spacial score (nSPS) is 21.7. The number of anilines is 1. The minimum absolute atomic E-state index is 0.0337. The maximum atomic E-state index is 11.5. The summed E-state index contributed by atoms with van der Waals surface area (Å²) >= 11 is 0. The zero-order valence-corrected chi connectivity index (χ0v) is 7.97. The number of nitrogens with zero attached hydrogens (tertiary/aromatic N) is 2. The molecule has 1 aliphatic rings. The maximum Gasteiger partial charge on any atom is 0.229 e. The van der Waals surface area contributed by atoms with Crippen molar-refractivity contribution >= 4 is 11.6 Å². The highest BCUT2D eigenvalue weighted by Gasteiger charge is 2.29. The van der Waals surface area contributed by atoms with Crippen molar-refractivity contribution in [1.82, 2.24) is 4.98 Å². The van der Waals surface area contributed by atoms with Gasteiger partial charge in [-0.2, -0.15) is 0 Å². The standard InChI is InChI=1S/C10H12N2O2/c1-7-9(3-2-4-11-7)12-6-8(13)5-10(12)14/h2-4,8,13H,5-6H2,1H3. The fourth-order valence-electron chi connectivity index (χ4n) is 1.68. The number of rotatable bonds is 1. The second kappa shape index (κ2) is 3.38. The zero-order chi connectivity index (χ0) is 10.1. The smallest absolute Gasteiger partial charge is 0.229 e. The van der Waals surface area contributed by atoms with Crippen LogP contribution in [0.25, 0.3) is 0 Å². The van der Waals surface area contributed by atoms with E-state index < -0.39 is 6.10 Å². The van der Waals surface area contributed by atoms with E-state index in [1.807, 2.05) is 13.0 Å². The van der Waals surface area contributed by atoms with E-state index in [1.165, 1.54) is 0 Å². The number of carbonyl (C=O) groups is 1. The second-order valence-electron chi connectivity index (χ2n) is 3.47. The van der Waals surface area contributed by atoms with Gasteiger partial charge in [0.2, 0.25) is 5.91 Å². The summed E-state index contributed by atoms with van der Waals surface area (Å²) in [4.78, 5) is 17.2. The van der Waals surface area contributed by atoms with Crippen LogP contribution in [0.4, 0.5) is 5.69 Å². The number of hydrogen-bond donors (Lipinski definition) is 1. The number of aliphatic hydroxyl groups is 1. The number of aliphatic hydroxyl groups excluding tert-OH is 1. The molecule has 1 saturated heterocycles. The second-order valence-corrected chi connectivity index (χ2v) is 3.47. The van der Waals surface area contributed by atoms with Crippen molar-refractivity contribution in [3.05, 3.63) is 24.0 Å². The van der Waals surface area contributed by atoms with E-state index in [0.717, 1.165) is 11.4 Å². The predicted molar refractivity (Wildman–Crippen MR) is 52.0 cm³/mol. The first-order valence-corrected chi connectivity index (χ1v) is 4.58. The van der Waals surface area contributed by atoms with E-state index in [1.54, 1.807) is 17.2 Å². The first-order chi connectivity index (χ1) is 6.68. The fraction of sp³-hybridized carbons (Fsp3) is 0.400. The number of hydrogen-bond acceptors (Lipinski definition) is 3. The van der Waals surface area contributed by atoms with Crippen molar-refractivity contribution in [3.63, 3.8) is 0 Å². The van der Waals surface area contributed by atoms with E-state index in [9.17, 15) is 9.90 Å². The molecule has 0 bridgehead atoms. The molecule has 0 aliphatic carbocycles. The first kappa shape index (κ1) is 9.15. The van der Waals surface area contributed by atoms with Crippen molar-refractivity contribution in [3.8, 4) is 0 Å². The maximum absolute atomic E-state index is 11.5. The molecule has 1 N–H and O–H groups in total. The highest BCUT2D eigenvalue weighted by Crippen LogP contribution is 2.23. The largest absolute Gasteiger partial charge is 0.391 e. The summed E-state index contributed by atoms with van der Waals surface area (Å²) in [5.74, 6) is -0.0337. The SMILES string of the molecule is Cc1ncccc1N1CC(O)CC1=O. The van der Waals surface area contributed by atoms with Crippen LogP contribution in [0.3, 0.4) is 0 Å². The number of aromatic nitrogens is 1. The van der Waals surface area contributed by atoms with Gasteiger partial charge in [-0.3, -0.25) is 9.78 Å². The Balaban J connectivity index is 2.32. The Morgan fingerprint density at radius 1 is 1.64 bits per heavy atom. The van der Waals surface area contributed by atoms with E-state index >= 15 is 0 Å². The van der Waals surface area contributed by atoms with Gasteiger partial charge in [-0.1, -0.05) is 0 Å². The van der Waals surface area contributed by atoms with Gasteiger partial charge >= 0.3 is 0 Å². The summed E-state index contributed by atoms with van der Waals surface area (Å²) in [6.45, 7) is 2.23. The van der Waals surface area contributed by atoms with Crippen molar-refractivity contribution in [2.45, 2.75) is 19.4 Å². The van der Waals surface area contributed by atoms with Crippen LogP contribution in [0.5, 0.6) is 0 Å². The lowest BCUT2D eigenvalue weighted by molar-refractivity contribution is -0.117. The van der Waals surface area contributed by atoms with Gasteiger partial charge in [0.1, 0.15) is 0 Å². The number of β-amino-alcohol motifs (C(OH)–C–C–N with tert-alkyl or cyclic N) is 1. The van der Waals surface area contributed by atoms with Crippen LogP contribution in [0, 0.1) is 6.92 Å². The van der Waals surface area contributed by atoms with E-state index in [0.29, 0.717) is 6.54 Å². The zero-order valence-electron chi connectivity index (χ0n) is 7.97. The molecule has 14 heavy (non-hydrogen) atoms. The molecule has 1 amide bonds. The van der Waals surface area contributed by atoms with Gasteiger partial charge in [0.05, 0.1) is 30.5 Å². The molecule has 1 aromatic rings. The Bertz CT molecular complexity index is 365. The third-order valence-corrected chi connectivity index (χ3v) is 2.37. The molecule has 0 spiro atoms. The third-order valence-electron chi connectivity index (χ3n) is 2.37. The summed E-state index contributed by atoms with van der Waals surface area (Å²) in [5, 5.41) is 9.34. The topological polar surface area (TPSA) is 53.4 Å². The Morgan fingerprint density at radius 2 is 2.43 bits per heavy atom. The molecule has 4 heteroatoms. The van der Waals surface area contributed by atoms with Crippen LogP contribution < -0.4 is 4.90 Å². The van der Waals surface area contributed by atoms with Crippen molar-refractivity contribution < 1.29 is 9.90 Å². The Morgan fingerprint density at radius 3 is 3.00 bits per heavy atom. The molecule has 1 fully saturated rings. The lowest BCUT2D eigenvalue weighted by Crippen LogP contribution is -2.26. The monoisotopic (exact) mass is 192 g/mol. The van der Waals surface area contributed by atoms with Crippen LogP contribution in [0.1, 0.15) is 12.1 Å². The number of pyridine rings is 1. The Hall–Kier alpha value is -1.42. The van der Waals surface area contributed by atoms with Gasteiger partial charge < -0.3 is 10.0 Å². The molecular formula is C10H12N2O2. The van der Waals surface area contributed by atoms with Gasteiger partial charge in [-0.05, 0) is 19.1 Å². The quantitative estimate of drug-likeness (QED) is 0.704. The van der Waals surface area contributed by atoms with Crippen LogP contribution in [-0.4, -0.2) is 28.6 Å². The van der Waals surface area contributed by atoms with Gasteiger partial charge in [-0.15, -0.1) is 0 Å². The van der Waals surface area contributed by atoms with Crippen LogP contribution >= 0.6 is 0 Å². The summed E-state index contributed by atoms with van der Waals surface area (Å²) < 4.78 is 0. The molecule has 4 nitrogen and oxygen atoms in total. The summed E-state index contributed by atoms with van der Waals surface area (Å²) in [6.07, 6.45) is 1.37. The fourth-order valence-corrected chi connectivity index (χ4v) is 1.68. The Labute approximate surface area is 82.2 Å². The summed E-state index contributed by atoms with van der Waals surface area (Å²) in [5.41, 5.74) is 1.61. The number of carbonyl (C=O) groups excluding carboxylic acids is 1. The molecule has 74 valence electrons. The third kappa shape index (κ3) is 1.48. The molecule has 1 aliphatic heterocycles. The average molecular weight is 192 g/mol. The van der Waals surface area contributed by atoms with Gasteiger partial charge in [0.25, 0.3) is 0 Å². The molecule has 1 aromatic heterocycles. The first-order valence-electron chi connectivity index (χ1n) is 4.58. The minimum atomic E-state index is -0.540. The molecule has 0 radical (unpaired) electrons. The van der Waals surface area contributed by atoms with E-state index in [4.69, 9.17) is 0 Å². The van der Waals surface area contributed by atoms with Gasteiger partial charge in [0.15, 0.2) is 0 Å². The van der Waals surface area contributed by atoms with E-state index in [-0.39, 0.29) is 12.3 Å².